The number of nitrogens with two attached hydrogens (primary N) is 1. The number of aromatic nitrogens is 3. The molecule has 0 unspecified atom stereocenters. The molecule has 0 aliphatic rings. The van der Waals surface area contributed by atoms with Gasteiger partial charge in [0.2, 0.25) is 11.8 Å². The predicted octanol–water partition coefficient (Wildman–Crippen LogP) is 4.40. The van der Waals surface area contributed by atoms with Crippen LogP contribution in [0.25, 0.3) is 32.9 Å². The van der Waals surface area contributed by atoms with Crippen LogP contribution >= 0.6 is 0 Å². The van der Waals surface area contributed by atoms with Crippen molar-refractivity contribution in [3.63, 3.8) is 0 Å². The van der Waals surface area contributed by atoms with Crippen molar-refractivity contribution in [1.82, 2.24) is 14.5 Å². The van der Waals surface area contributed by atoms with Crippen LogP contribution in [0.2, 0.25) is 0 Å². The van der Waals surface area contributed by atoms with E-state index in [1.54, 1.807) is 17.6 Å². The van der Waals surface area contributed by atoms with Crippen LogP contribution in [0.5, 0.6) is 5.88 Å². The second kappa shape index (κ2) is 5.98. The Kier molecular flexibility index (Phi) is 3.76. The van der Waals surface area contributed by atoms with Crippen molar-refractivity contribution in [2.75, 3.05) is 5.73 Å². The molecule has 0 saturated carbocycles. The quantitative estimate of drug-likeness (QED) is 0.537. The second-order valence-electron chi connectivity index (χ2n) is 6.47. The highest BCUT2D eigenvalue weighted by Gasteiger charge is 2.17. The van der Waals surface area contributed by atoms with Crippen LogP contribution in [-0.4, -0.2) is 19.6 Å². The van der Waals surface area contributed by atoms with E-state index in [9.17, 15) is 9.50 Å². The second-order valence-corrected chi connectivity index (χ2v) is 6.47. The van der Waals surface area contributed by atoms with E-state index >= 15 is 0 Å². The number of aromatic hydroxyl groups is 1. The molecule has 0 saturated heterocycles. The molecule has 6 heteroatoms. The summed E-state index contributed by atoms with van der Waals surface area (Å²) in [5.74, 6) is -0.344. The Morgan fingerprint density at radius 3 is 2.85 bits per heavy atom. The zero-order chi connectivity index (χ0) is 18.4. The lowest BCUT2D eigenvalue weighted by Gasteiger charge is -2.10. The van der Waals surface area contributed by atoms with Crippen LogP contribution in [0.1, 0.15) is 18.9 Å². The number of benzene rings is 1. The van der Waals surface area contributed by atoms with E-state index in [1.807, 2.05) is 31.3 Å². The van der Waals surface area contributed by atoms with Crippen molar-refractivity contribution >= 4 is 27.5 Å². The minimum absolute atomic E-state index is 0.137. The van der Waals surface area contributed by atoms with Crippen LogP contribution in [0.15, 0.2) is 36.7 Å². The standard InChI is InChI=1S/C20H19FN4O/c1-3-7-25-10-15-16(20(25)26)17(22)14-6-4-5-13(18(14)24-15)12-8-11(2)19(21)23-9-12/h4-6,8-10,26H,3,7,22H2,1-2H3. The Hall–Kier alpha value is -3.15. The molecule has 0 fully saturated rings. The number of anilines is 1. The van der Waals surface area contributed by atoms with Gasteiger partial charge >= 0.3 is 0 Å². The summed E-state index contributed by atoms with van der Waals surface area (Å²) in [6.45, 7) is 4.41. The number of aryl methyl sites for hydroxylation is 2. The lowest BCUT2D eigenvalue weighted by atomic mass is 10.0. The van der Waals surface area contributed by atoms with Crippen molar-refractivity contribution in [3.8, 4) is 17.0 Å². The van der Waals surface area contributed by atoms with E-state index in [4.69, 9.17) is 10.7 Å². The number of rotatable bonds is 3. The summed E-state index contributed by atoms with van der Waals surface area (Å²) in [6, 6.07) is 7.41. The topological polar surface area (TPSA) is 77.0 Å². The summed E-state index contributed by atoms with van der Waals surface area (Å²) < 4.78 is 15.3. The maximum absolute atomic E-state index is 13.5. The maximum atomic E-state index is 13.5. The molecule has 0 spiro atoms. The Labute approximate surface area is 149 Å². The van der Waals surface area contributed by atoms with E-state index in [0.717, 1.165) is 22.9 Å². The van der Waals surface area contributed by atoms with Gasteiger partial charge in [-0.2, -0.15) is 4.39 Å². The third-order valence-electron chi connectivity index (χ3n) is 4.65. The normalized spacial score (nSPS) is 11.5. The lowest BCUT2D eigenvalue weighted by Crippen LogP contribution is -1.95. The SMILES string of the molecule is CCCn1cc2nc3c(-c4cnc(F)c(C)c4)cccc3c(N)c2c1O. The van der Waals surface area contributed by atoms with Crippen molar-refractivity contribution in [3.05, 3.63) is 48.2 Å². The fourth-order valence-electron chi connectivity index (χ4n) is 3.36. The number of halogens is 1. The smallest absolute Gasteiger partial charge is 0.215 e. The molecule has 4 rings (SSSR count). The van der Waals surface area contributed by atoms with Crippen molar-refractivity contribution in [2.24, 2.45) is 0 Å². The highest BCUT2D eigenvalue weighted by atomic mass is 19.1. The van der Waals surface area contributed by atoms with Crippen molar-refractivity contribution in [2.45, 2.75) is 26.8 Å². The Morgan fingerprint density at radius 2 is 2.12 bits per heavy atom. The predicted molar refractivity (Wildman–Crippen MR) is 102 cm³/mol. The Morgan fingerprint density at radius 1 is 1.31 bits per heavy atom. The molecule has 3 N–H and O–H groups in total. The molecule has 0 bridgehead atoms. The van der Waals surface area contributed by atoms with E-state index < -0.39 is 5.95 Å². The number of hydrogen-bond donors (Lipinski definition) is 2. The molecule has 5 nitrogen and oxygen atoms in total. The third-order valence-corrected chi connectivity index (χ3v) is 4.65. The van der Waals surface area contributed by atoms with Gasteiger partial charge in [-0.25, -0.2) is 9.97 Å². The zero-order valence-electron chi connectivity index (χ0n) is 14.6. The maximum Gasteiger partial charge on any atom is 0.215 e. The summed E-state index contributed by atoms with van der Waals surface area (Å²) in [7, 11) is 0. The van der Waals surface area contributed by atoms with E-state index in [-0.39, 0.29) is 5.88 Å². The Balaban J connectivity index is 2.04. The van der Waals surface area contributed by atoms with Gasteiger partial charge in [0.05, 0.1) is 22.1 Å². The lowest BCUT2D eigenvalue weighted by molar-refractivity contribution is 0.421. The molecule has 0 radical (unpaired) electrons. The molecule has 0 amide bonds. The van der Waals surface area contributed by atoms with Gasteiger partial charge in [-0.05, 0) is 19.4 Å². The number of pyridine rings is 2. The van der Waals surface area contributed by atoms with Crippen molar-refractivity contribution in [1.29, 1.82) is 0 Å². The van der Waals surface area contributed by atoms with Gasteiger partial charge in [-0.15, -0.1) is 0 Å². The summed E-state index contributed by atoms with van der Waals surface area (Å²) >= 11 is 0. The molecule has 1 aromatic carbocycles. The van der Waals surface area contributed by atoms with Crippen molar-refractivity contribution < 1.29 is 9.50 Å². The van der Waals surface area contributed by atoms with Gasteiger partial charge in [-0.1, -0.05) is 25.1 Å². The summed E-state index contributed by atoms with van der Waals surface area (Å²) in [6.07, 6.45) is 4.20. The van der Waals surface area contributed by atoms with Gasteiger partial charge in [0.25, 0.3) is 0 Å². The molecule has 0 aliphatic heterocycles. The molecular weight excluding hydrogens is 331 g/mol. The monoisotopic (exact) mass is 350 g/mol. The van der Waals surface area contributed by atoms with Crippen LogP contribution < -0.4 is 5.73 Å². The van der Waals surface area contributed by atoms with E-state index in [0.29, 0.717) is 34.2 Å². The summed E-state index contributed by atoms with van der Waals surface area (Å²) in [5, 5.41) is 11.8. The van der Waals surface area contributed by atoms with Crippen LogP contribution in [0.4, 0.5) is 10.1 Å². The van der Waals surface area contributed by atoms with Crippen LogP contribution in [0, 0.1) is 12.9 Å². The third kappa shape index (κ3) is 2.37. The summed E-state index contributed by atoms with van der Waals surface area (Å²) in [4.78, 5) is 8.57. The fourth-order valence-corrected chi connectivity index (χ4v) is 3.36. The first-order valence-corrected chi connectivity index (χ1v) is 8.53. The molecule has 3 aromatic heterocycles. The average molecular weight is 350 g/mol. The highest BCUT2D eigenvalue weighted by Crippen LogP contribution is 2.38. The van der Waals surface area contributed by atoms with Gasteiger partial charge in [-0.3, -0.25) is 0 Å². The van der Waals surface area contributed by atoms with E-state index in [2.05, 4.69) is 4.98 Å². The number of para-hydroxylation sites is 1. The van der Waals surface area contributed by atoms with Crippen LogP contribution in [-0.2, 0) is 6.54 Å². The first-order valence-electron chi connectivity index (χ1n) is 8.53. The molecule has 132 valence electrons. The number of fused-ring (bicyclic) bond motifs is 2. The highest BCUT2D eigenvalue weighted by molar-refractivity contribution is 6.12. The van der Waals surface area contributed by atoms with Gasteiger partial charge in [0.1, 0.15) is 0 Å². The zero-order valence-corrected chi connectivity index (χ0v) is 14.6. The fraction of sp³-hybridized carbons (Fsp3) is 0.200. The first kappa shape index (κ1) is 16.3. The molecule has 0 aliphatic carbocycles. The van der Waals surface area contributed by atoms with Gasteiger partial charge in [0, 0.05) is 41.0 Å². The van der Waals surface area contributed by atoms with E-state index in [1.165, 1.54) is 6.20 Å². The minimum Gasteiger partial charge on any atom is -0.494 e. The largest absolute Gasteiger partial charge is 0.494 e. The number of hydrogen-bond acceptors (Lipinski definition) is 4. The summed E-state index contributed by atoms with van der Waals surface area (Å²) in [5.41, 5.74) is 10.3. The van der Waals surface area contributed by atoms with Gasteiger partial charge < -0.3 is 15.4 Å². The average Bonchev–Trinajstić information content (AvgIpc) is 2.93. The first-order chi connectivity index (χ1) is 12.5. The molecule has 0 atom stereocenters. The van der Waals surface area contributed by atoms with Crippen LogP contribution in [0.3, 0.4) is 0 Å². The molecular formula is C20H19FN4O. The number of nitrogen functional groups attached to an aromatic ring is 1. The Bertz CT molecular complexity index is 1150. The van der Waals surface area contributed by atoms with Gasteiger partial charge in [0.15, 0.2) is 0 Å². The molecule has 26 heavy (non-hydrogen) atoms. The molecule has 3 heterocycles. The minimum atomic E-state index is -0.481. The molecule has 4 aromatic rings. The number of nitrogens with zero attached hydrogens (tertiary/aromatic N) is 3.